The minimum absolute atomic E-state index is 0.0339. The molecule has 1 heterocycles. The number of benzene rings is 1. The number of phenols is 1. The second-order valence-electron chi connectivity index (χ2n) is 3.76. The lowest BCUT2D eigenvalue weighted by Gasteiger charge is -2.11. The molecule has 2 rings (SSSR count). The van der Waals surface area contributed by atoms with Gasteiger partial charge < -0.3 is 5.11 Å². The molecule has 8 nitrogen and oxygen atoms in total. The highest BCUT2D eigenvalue weighted by Crippen LogP contribution is 2.33. The Kier molecular flexibility index (Phi) is 4.01. The number of hydrogen-bond donors (Lipinski definition) is 3. The lowest BCUT2D eigenvalue weighted by atomic mass is 10.1. The van der Waals surface area contributed by atoms with Crippen LogP contribution in [0.25, 0.3) is 0 Å². The monoisotopic (exact) mass is 293 g/mol. The number of nitrogen functional groups attached to an aromatic ring is 1. The molecule has 0 bridgehead atoms. The van der Waals surface area contributed by atoms with Gasteiger partial charge in [0, 0.05) is 16.8 Å². The Balaban J connectivity index is 2.50. The number of Topliss-reactive ketones (excluding diaryl/α,β-unsaturated/α-hetero) is 1. The van der Waals surface area contributed by atoms with E-state index >= 15 is 0 Å². The number of aromatic hydroxyl groups is 1. The number of aromatic nitrogens is 3. The van der Waals surface area contributed by atoms with Gasteiger partial charge in [0.05, 0.1) is 23.5 Å². The molecular formula is C11H11N5O3S. The number of phenolic OH excluding ortho intramolecular Hbond substituents is 1. The summed E-state index contributed by atoms with van der Waals surface area (Å²) in [6.45, 7) is 1.30. The van der Waals surface area contributed by atoms with Crippen LogP contribution in [0.1, 0.15) is 27.6 Å². The van der Waals surface area contributed by atoms with Gasteiger partial charge in [-0.15, -0.1) is 5.10 Å². The first-order chi connectivity index (χ1) is 9.54. The number of carbonyl (C=O) groups is 2. The van der Waals surface area contributed by atoms with Gasteiger partial charge in [0.1, 0.15) is 5.75 Å². The molecule has 0 saturated carbocycles. The Labute approximate surface area is 118 Å². The second kappa shape index (κ2) is 5.72. The standard InChI is InChI=1S/C11H11N5O3S/c1-6(17)9-8(20-16-5-4-13-15-16)3-2-7(10(9)18)11(19)14-12/h2-5,18H,12H2,1H3,(H,14,19). The van der Waals surface area contributed by atoms with Crippen molar-refractivity contribution < 1.29 is 14.7 Å². The van der Waals surface area contributed by atoms with E-state index in [2.05, 4.69) is 10.3 Å². The number of carbonyl (C=O) groups excluding carboxylic acids is 2. The zero-order valence-corrected chi connectivity index (χ0v) is 11.2. The predicted octanol–water partition coefficient (Wildman–Crippen LogP) is 0.345. The van der Waals surface area contributed by atoms with Gasteiger partial charge in [-0.3, -0.25) is 15.0 Å². The third-order valence-corrected chi connectivity index (χ3v) is 3.38. The molecule has 1 aromatic carbocycles. The molecule has 9 heteroatoms. The molecule has 4 N–H and O–H groups in total. The summed E-state index contributed by atoms with van der Waals surface area (Å²) in [5.41, 5.74) is 1.87. The molecule has 1 amide bonds. The Morgan fingerprint density at radius 3 is 2.75 bits per heavy atom. The SMILES string of the molecule is CC(=O)c1c(Sn2ccnn2)ccc(C(=O)NN)c1O. The molecule has 0 aliphatic heterocycles. The van der Waals surface area contributed by atoms with Crippen molar-refractivity contribution >= 4 is 23.6 Å². The molecule has 0 fully saturated rings. The molecule has 20 heavy (non-hydrogen) atoms. The molecule has 0 aliphatic rings. The first kappa shape index (κ1) is 14.0. The molecule has 0 radical (unpaired) electrons. The van der Waals surface area contributed by atoms with E-state index in [9.17, 15) is 14.7 Å². The van der Waals surface area contributed by atoms with Gasteiger partial charge in [-0.25, -0.2) is 5.84 Å². The van der Waals surface area contributed by atoms with Crippen molar-refractivity contribution in [2.75, 3.05) is 0 Å². The molecule has 104 valence electrons. The highest BCUT2D eigenvalue weighted by molar-refractivity contribution is 7.97. The van der Waals surface area contributed by atoms with Crippen molar-refractivity contribution in [1.29, 1.82) is 0 Å². The van der Waals surface area contributed by atoms with Crippen molar-refractivity contribution in [3.63, 3.8) is 0 Å². The van der Waals surface area contributed by atoms with Crippen molar-refractivity contribution in [2.24, 2.45) is 5.84 Å². The molecule has 0 aliphatic carbocycles. The van der Waals surface area contributed by atoms with Gasteiger partial charge in [0.25, 0.3) is 5.91 Å². The van der Waals surface area contributed by atoms with Crippen LogP contribution in [0.15, 0.2) is 29.4 Å². The third kappa shape index (κ3) is 2.63. The highest BCUT2D eigenvalue weighted by atomic mass is 32.2. The molecule has 0 unspecified atom stereocenters. The predicted molar refractivity (Wildman–Crippen MR) is 71.0 cm³/mol. The highest BCUT2D eigenvalue weighted by Gasteiger charge is 2.21. The molecule has 0 atom stereocenters. The fourth-order valence-electron chi connectivity index (χ4n) is 1.60. The first-order valence-corrected chi connectivity index (χ1v) is 6.24. The summed E-state index contributed by atoms with van der Waals surface area (Å²) in [6.07, 6.45) is 3.07. The summed E-state index contributed by atoms with van der Waals surface area (Å²) >= 11 is 1.09. The lowest BCUT2D eigenvalue weighted by Crippen LogP contribution is -2.30. The van der Waals surface area contributed by atoms with E-state index in [1.165, 1.54) is 29.3 Å². The van der Waals surface area contributed by atoms with Crippen LogP contribution < -0.4 is 11.3 Å². The summed E-state index contributed by atoms with van der Waals surface area (Å²) in [5, 5.41) is 17.5. The van der Waals surface area contributed by atoms with Crippen molar-refractivity contribution in [3.05, 3.63) is 35.7 Å². The molecule has 1 aromatic heterocycles. The number of ketones is 1. The zero-order valence-electron chi connectivity index (χ0n) is 10.4. The number of hydrazine groups is 1. The molecular weight excluding hydrogens is 282 g/mol. The van der Waals surface area contributed by atoms with E-state index in [1.807, 2.05) is 5.43 Å². The largest absolute Gasteiger partial charge is 0.506 e. The van der Waals surface area contributed by atoms with Crippen LogP contribution in [-0.2, 0) is 0 Å². The van der Waals surface area contributed by atoms with Crippen LogP contribution in [0, 0.1) is 0 Å². The van der Waals surface area contributed by atoms with Gasteiger partial charge >= 0.3 is 0 Å². The molecule has 0 spiro atoms. The van der Waals surface area contributed by atoms with Crippen LogP contribution in [0.5, 0.6) is 5.75 Å². The summed E-state index contributed by atoms with van der Waals surface area (Å²) < 4.78 is 1.42. The van der Waals surface area contributed by atoms with E-state index in [0.717, 1.165) is 11.9 Å². The number of nitrogens with zero attached hydrogens (tertiary/aromatic N) is 3. The van der Waals surface area contributed by atoms with Gasteiger partial charge in [0.2, 0.25) is 0 Å². The van der Waals surface area contributed by atoms with Gasteiger partial charge in [0.15, 0.2) is 5.78 Å². The normalized spacial score (nSPS) is 10.3. The third-order valence-electron chi connectivity index (χ3n) is 2.46. The minimum atomic E-state index is -0.678. The van der Waals surface area contributed by atoms with Crippen molar-refractivity contribution in [3.8, 4) is 5.75 Å². The van der Waals surface area contributed by atoms with Crippen LogP contribution >= 0.6 is 11.9 Å². The Bertz CT molecular complexity index is 656. The smallest absolute Gasteiger partial charge is 0.268 e. The van der Waals surface area contributed by atoms with Gasteiger partial charge in [-0.2, -0.15) is 4.09 Å². The summed E-state index contributed by atoms with van der Waals surface area (Å²) in [7, 11) is 0. The number of nitrogens with one attached hydrogen (secondary N) is 1. The molecule has 2 aromatic rings. The summed E-state index contributed by atoms with van der Waals surface area (Å²) in [4.78, 5) is 23.6. The number of rotatable bonds is 4. The molecule has 0 saturated heterocycles. The van der Waals surface area contributed by atoms with Gasteiger partial charge in [-0.05, 0) is 19.1 Å². The quantitative estimate of drug-likeness (QED) is 0.321. The Hall–Kier alpha value is -2.39. The minimum Gasteiger partial charge on any atom is -0.506 e. The summed E-state index contributed by atoms with van der Waals surface area (Å²) in [6, 6.07) is 2.91. The van der Waals surface area contributed by atoms with E-state index in [-0.39, 0.29) is 16.9 Å². The number of hydrogen-bond acceptors (Lipinski definition) is 7. The maximum atomic E-state index is 11.7. The Morgan fingerprint density at radius 2 is 2.20 bits per heavy atom. The van der Waals surface area contributed by atoms with E-state index in [0.29, 0.717) is 4.90 Å². The van der Waals surface area contributed by atoms with Crippen LogP contribution in [0.4, 0.5) is 0 Å². The maximum absolute atomic E-state index is 11.7. The fourth-order valence-corrected chi connectivity index (χ4v) is 2.45. The fraction of sp³-hybridized carbons (Fsp3) is 0.0909. The lowest BCUT2D eigenvalue weighted by molar-refractivity contribution is 0.0951. The van der Waals surface area contributed by atoms with E-state index in [4.69, 9.17) is 5.84 Å². The van der Waals surface area contributed by atoms with E-state index < -0.39 is 11.7 Å². The number of amides is 1. The average Bonchev–Trinajstić information content (AvgIpc) is 2.90. The number of nitrogens with two attached hydrogens (primary N) is 1. The topological polar surface area (TPSA) is 123 Å². The van der Waals surface area contributed by atoms with Crippen molar-refractivity contribution in [2.45, 2.75) is 11.8 Å². The van der Waals surface area contributed by atoms with Crippen LogP contribution in [-0.4, -0.2) is 31.2 Å². The zero-order chi connectivity index (χ0) is 14.7. The first-order valence-electron chi connectivity index (χ1n) is 5.47. The summed E-state index contributed by atoms with van der Waals surface area (Å²) in [5.74, 6) is 3.56. The van der Waals surface area contributed by atoms with Crippen LogP contribution in [0.3, 0.4) is 0 Å². The van der Waals surface area contributed by atoms with Crippen LogP contribution in [0.2, 0.25) is 0 Å². The second-order valence-corrected chi connectivity index (χ2v) is 4.76. The average molecular weight is 293 g/mol. The van der Waals surface area contributed by atoms with Gasteiger partial charge in [-0.1, -0.05) is 5.21 Å². The van der Waals surface area contributed by atoms with E-state index in [1.54, 1.807) is 6.20 Å². The maximum Gasteiger partial charge on any atom is 0.268 e. The Morgan fingerprint density at radius 1 is 1.45 bits per heavy atom. The van der Waals surface area contributed by atoms with Crippen molar-refractivity contribution in [1.82, 2.24) is 19.8 Å².